The van der Waals surface area contributed by atoms with Crippen LogP contribution in [0.1, 0.15) is 72.1 Å². The van der Waals surface area contributed by atoms with Gasteiger partial charge in [0, 0.05) is 6.04 Å². The lowest BCUT2D eigenvalue weighted by Gasteiger charge is -2.31. The van der Waals surface area contributed by atoms with Crippen LogP contribution in [-0.4, -0.2) is 12.6 Å². The Bertz CT molecular complexity index is 167. The Balaban J connectivity index is 2.18. The van der Waals surface area contributed by atoms with E-state index in [9.17, 15) is 0 Å². The normalized spacial score (nSPS) is 27.9. The molecule has 0 aromatic rings. The Labute approximate surface area is 102 Å². The second-order valence-corrected chi connectivity index (χ2v) is 5.65. The van der Waals surface area contributed by atoms with Gasteiger partial charge in [-0.2, -0.15) is 0 Å². The highest BCUT2D eigenvalue weighted by molar-refractivity contribution is 4.76. The van der Waals surface area contributed by atoms with Crippen LogP contribution in [0.3, 0.4) is 0 Å². The van der Waals surface area contributed by atoms with Crippen molar-refractivity contribution in [3.63, 3.8) is 0 Å². The summed E-state index contributed by atoms with van der Waals surface area (Å²) in [6.07, 6.45) is 11.5. The topological polar surface area (TPSA) is 12.0 Å². The maximum Gasteiger partial charge on any atom is 0.00388 e. The van der Waals surface area contributed by atoms with Gasteiger partial charge in [0.15, 0.2) is 0 Å². The maximum absolute atomic E-state index is 3.60. The van der Waals surface area contributed by atoms with Crippen LogP contribution < -0.4 is 5.32 Å². The van der Waals surface area contributed by atoms with Crippen molar-refractivity contribution >= 4 is 0 Å². The first-order valence-corrected chi connectivity index (χ1v) is 7.51. The Morgan fingerprint density at radius 2 is 1.81 bits per heavy atom. The maximum atomic E-state index is 3.60. The Morgan fingerprint density at radius 1 is 1.12 bits per heavy atom. The lowest BCUT2D eigenvalue weighted by Crippen LogP contribution is -2.28. The van der Waals surface area contributed by atoms with Gasteiger partial charge in [0.1, 0.15) is 0 Å². The van der Waals surface area contributed by atoms with Gasteiger partial charge in [-0.25, -0.2) is 0 Å². The number of nitrogens with one attached hydrogen (secondary N) is 1. The van der Waals surface area contributed by atoms with Crippen molar-refractivity contribution in [1.29, 1.82) is 0 Å². The third-order valence-corrected chi connectivity index (χ3v) is 4.30. The summed E-state index contributed by atoms with van der Waals surface area (Å²) in [7, 11) is 0. The van der Waals surface area contributed by atoms with Crippen molar-refractivity contribution in [3.05, 3.63) is 0 Å². The lowest BCUT2D eigenvalue weighted by atomic mass is 9.75. The molecule has 1 aliphatic rings. The molecule has 0 heterocycles. The molecule has 0 amide bonds. The Hall–Kier alpha value is -0.0400. The fourth-order valence-electron chi connectivity index (χ4n) is 3.16. The van der Waals surface area contributed by atoms with Crippen molar-refractivity contribution in [2.75, 3.05) is 6.54 Å². The Morgan fingerprint density at radius 3 is 2.44 bits per heavy atom. The zero-order chi connectivity index (χ0) is 11.8. The van der Waals surface area contributed by atoms with E-state index in [4.69, 9.17) is 0 Å². The molecule has 0 aromatic heterocycles. The summed E-state index contributed by atoms with van der Waals surface area (Å²) in [5.74, 6) is 2.07. The Kier molecular flexibility index (Phi) is 7.11. The zero-order valence-electron chi connectivity index (χ0n) is 11.6. The van der Waals surface area contributed by atoms with Crippen LogP contribution >= 0.6 is 0 Å². The molecule has 0 radical (unpaired) electrons. The van der Waals surface area contributed by atoms with E-state index in [0.717, 1.165) is 17.9 Å². The molecule has 0 bridgehead atoms. The first kappa shape index (κ1) is 14.0. The standard InChI is InChI=1S/C15H31N/c1-4-12-16-13(3)10-11-15-9-7-6-8-14(15)5-2/h13-16H,4-12H2,1-3H3. The largest absolute Gasteiger partial charge is 0.314 e. The summed E-state index contributed by atoms with van der Waals surface area (Å²) in [5.41, 5.74) is 0. The van der Waals surface area contributed by atoms with Gasteiger partial charge in [-0.1, -0.05) is 46.0 Å². The van der Waals surface area contributed by atoms with E-state index < -0.39 is 0 Å². The zero-order valence-corrected chi connectivity index (χ0v) is 11.6. The van der Waals surface area contributed by atoms with Gasteiger partial charge in [0.25, 0.3) is 0 Å². The van der Waals surface area contributed by atoms with E-state index in [1.807, 2.05) is 0 Å². The van der Waals surface area contributed by atoms with Gasteiger partial charge in [0.2, 0.25) is 0 Å². The molecule has 3 atom stereocenters. The second kappa shape index (κ2) is 8.11. The SMILES string of the molecule is CCCNC(C)CCC1CCCCC1CC. The highest BCUT2D eigenvalue weighted by atomic mass is 14.9. The predicted octanol–water partition coefficient (Wildman–Crippen LogP) is 4.37. The van der Waals surface area contributed by atoms with Crippen molar-refractivity contribution in [2.24, 2.45) is 11.8 Å². The van der Waals surface area contributed by atoms with E-state index in [1.165, 1.54) is 57.9 Å². The quantitative estimate of drug-likeness (QED) is 0.678. The third kappa shape index (κ3) is 4.86. The van der Waals surface area contributed by atoms with Gasteiger partial charge >= 0.3 is 0 Å². The molecular formula is C15H31N. The monoisotopic (exact) mass is 225 g/mol. The molecule has 96 valence electrons. The molecule has 1 heteroatoms. The van der Waals surface area contributed by atoms with E-state index in [-0.39, 0.29) is 0 Å². The minimum atomic E-state index is 0.722. The molecule has 1 rings (SSSR count). The molecule has 1 fully saturated rings. The molecule has 1 nitrogen and oxygen atoms in total. The number of rotatable bonds is 7. The summed E-state index contributed by atoms with van der Waals surface area (Å²) < 4.78 is 0. The van der Waals surface area contributed by atoms with Gasteiger partial charge in [-0.05, 0) is 44.6 Å². The highest BCUT2D eigenvalue weighted by Crippen LogP contribution is 2.35. The summed E-state index contributed by atoms with van der Waals surface area (Å²) in [4.78, 5) is 0. The fourth-order valence-corrected chi connectivity index (χ4v) is 3.16. The molecule has 1 N–H and O–H groups in total. The number of hydrogen-bond acceptors (Lipinski definition) is 1. The molecule has 0 aromatic carbocycles. The second-order valence-electron chi connectivity index (χ2n) is 5.65. The van der Waals surface area contributed by atoms with Crippen LogP contribution in [0.25, 0.3) is 0 Å². The van der Waals surface area contributed by atoms with E-state index in [2.05, 4.69) is 26.1 Å². The minimum absolute atomic E-state index is 0.722. The molecule has 0 spiro atoms. The van der Waals surface area contributed by atoms with Crippen LogP contribution in [0.4, 0.5) is 0 Å². The van der Waals surface area contributed by atoms with Crippen LogP contribution in [0.15, 0.2) is 0 Å². The lowest BCUT2D eigenvalue weighted by molar-refractivity contribution is 0.209. The fraction of sp³-hybridized carbons (Fsp3) is 1.00. The third-order valence-electron chi connectivity index (χ3n) is 4.30. The van der Waals surface area contributed by atoms with Gasteiger partial charge in [0.05, 0.1) is 0 Å². The van der Waals surface area contributed by atoms with Crippen molar-refractivity contribution in [1.82, 2.24) is 5.32 Å². The van der Waals surface area contributed by atoms with Crippen LogP contribution in [0.5, 0.6) is 0 Å². The number of hydrogen-bond donors (Lipinski definition) is 1. The van der Waals surface area contributed by atoms with E-state index in [1.54, 1.807) is 0 Å². The average molecular weight is 225 g/mol. The van der Waals surface area contributed by atoms with Gasteiger partial charge < -0.3 is 5.32 Å². The van der Waals surface area contributed by atoms with Crippen molar-refractivity contribution in [3.8, 4) is 0 Å². The highest BCUT2D eigenvalue weighted by Gasteiger charge is 2.23. The van der Waals surface area contributed by atoms with Gasteiger partial charge in [-0.15, -0.1) is 0 Å². The molecule has 0 saturated heterocycles. The van der Waals surface area contributed by atoms with Crippen LogP contribution in [0, 0.1) is 11.8 Å². The molecule has 0 aliphatic heterocycles. The van der Waals surface area contributed by atoms with Gasteiger partial charge in [-0.3, -0.25) is 0 Å². The summed E-state index contributed by atoms with van der Waals surface area (Å²) >= 11 is 0. The summed E-state index contributed by atoms with van der Waals surface area (Å²) in [6.45, 7) is 8.15. The van der Waals surface area contributed by atoms with Crippen LogP contribution in [-0.2, 0) is 0 Å². The van der Waals surface area contributed by atoms with E-state index in [0.29, 0.717) is 0 Å². The van der Waals surface area contributed by atoms with Crippen molar-refractivity contribution in [2.45, 2.75) is 78.2 Å². The first-order chi connectivity index (χ1) is 7.77. The minimum Gasteiger partial charge on any atom is -0.314 e. The van der Waals surface area contributed by atoms with Crippen LogP contribution in [0.2, 0.25) is 0 Å². The molecule has 1 saturated carbocycles. The molecule has 3 unspecified atom stereocenters. The van der Waals surface area contributed by atoms with Crippen molar-refractivity contribution < 1.29 is 0 Å². The molecule has 16 heavy (non-hydrogen) atoms. The van der Waals surface area contributed by atoms with E-state index >= 15 is 0 Å². The molecule has 1 aliphatic carbocycles. The molecular weight excluding hydrogens is 194 g/mol. The summed E-state index contributed by atoms with van der Waals surface area (Å²) in [6, 6.07) is 0.722. The predicted molar refractivity (Wildman–Crippen MR) is 72.7 cm³/mol. The smallest absolute Gasteiger partial charge is 0.00388 e. The average Bonchev–Trinajstić information content (AvgIpc) is 2.34. The summed E-state index contributed by atoms with van der Waals surface area (Å²) in [5, 5.41) is 3.60. The first-order valence-electron chi connectivity index (χ1n) is 7.51.